The predicted octanol–water partition coefficient (Wildman–Crippen LogP) is 8.27. The SMILES string of the molecule is CCC=CCCOc1c(OC(=O)c2ccccc2)c2c(OCCCCCCCCCC)cccc2oc1=O. The monoisotopic (exact) mass is 520 g/mol. The Labute approximate surface area is 225 Å². The Balaban J connectivity index is 1.82. The molecule has 0 fully saturated rings. The fraction of sp³-hybridized carbons (Fsp3) is 0.438. The van der Waals surface area contributed by atoms with E-state index in [1.165, 1.54) is 38.5 Å². The minimum atomic E-state index is -0.701. The van der Waals surface area contributed by atoms with E-state index in [1.54, 1.807) is 42.5 Å². The molecule has 3 aromatic rings. The number of carbonyl (C=O) groups excluding carboxylic acids is 1. The zero-order chi connectivity index (χ0) is 27.0. The molecule has 0 aliphatic rings. The molecule has 0 bridgehead atoms. The van der Waals surface area contributed by atoms with Gasteiger partial charge in [-0.05, 0) is 43.5 Å². The van der Waals surface area contributed by atoms with Crippen LogP contribution in [0.25, 0.3) is 11.0 Å². The maximum absolute atomic E-state index is 13.0. The molecule has 204 valence electrons. The zero-order valence-electron chi connectivity index (χ0n) is 22.7. The molecular weight excluding hydrogens is 480 g/mol. The summed E-state index contributed by atoms with van der Waals surface area (Å²) in [5, 5.41) is 0.412. The molecule has 0 atom stereocenters. The number of unbranched alkanes of at least 4 members (excludes halogenated alkanes) is 7. The van der Waals surface area contributed by atoms with E-state index in [9.17, 15) is 9.59 Å². The van der Waals surface area contributed by atoms with Gasteiger partial charge in [0.25, 0.3) is 0 Å². The summed E-state index contributed by atoms with van der Waals surface area (Å²) in [5.74, 6) is -0.210. The lowest BCUT2D eigenvalue weighted by atomic mass is 10.1. The highest BCUT2D eigenvalue weighted by Gasteiger charge is 2.24. The van der Waals surface area contributed by atoms with Gasteiger partial charge in [0.15, 0.2) is 5.75 Å². The number of fused-ring (bicyclic) bond motifs is 1. The van der Waals surface area contributed by atoms with E-state index in [2.05, 4.69) is 6.92 Å². The van der Waals surface area contributed by atoms with Crippen molar-refractivity contribution in [3.8, 4) is 17.2 Å². The van der Waals surface area contributed by atoms with Gasteiger partial charge in [-0.3, -0.25) is 0 Å². The molecule has 38 heavy (non-hydrogen) atoms. The van der Waals surface area contributed by atoms with Crippen molar-refractivity contribution in [3.05, 3.63) is 76.7 Å². The van der Waals surface area contributed by atoms with Gasteiger partial charge in [-0.2, -0.15) is 0 Å². The van der Waals surface area contributed by atoms with E-state index in [-0.39, 0.29) is 23.7 Å². The van der Waals surface area contributed by atoms with E-state index in [0.717, 1.165) is 19.3 Å². The van der Waals surface area contributed by atoms with Crippen LogP contribution in [-0.2, 0) is 0 Å². The number of allylic oxidation sites excluding steroid dienone is 1. The van der Waals surface area contributed by atoms with Crippen molar-refractivity contribution in [1.29, 1.82) is 0 Å². The molecule has 0 radical (unpaired) electrons. The predicted molar refractivity (Wildman–Crippen MR) is 152 cm³/mol. The largest absolute Gasteiger partial charge is 0.493 e. The van der Waals surface area contributed by atoms with Crippen LogP contribution in [0.15, 0.2) is 69.9 Å². The Kier molecular flexibility index (Phi) is 12.5. The molecule has 0 aliphatic heterocycles. The molecule has 6 heteroatoms. The molecule has 2 aromatic carbocycles. The van der Waals surface area contributed by atoms with Crippen molar-refractivity contribution in [1.82, 2.24) is 0 Å². The van der Waals surface area contributed by atoms with Crippen LogP contribution in [0.3, 0.4) is 0 Å². The van der Waals surface area contributed by atoms with Crippen LogP contribution in [0, 0.1) is 0 Å². The van der Waals surface area contributed by atoms with Crippen molar-refractivity contribution in [2.24, 2.45) is 0 Å². The summed E-state index contributed by atoms with van der Waals surface area (Å²) in [6, 6.07) is 13.9. The highest BCUT2D eigenvalue weighted by molar-refractivity contribution is 5.97. The molecule has 1 heterocycles. The van der Waals surface area contributed by atoms with E-state index in [0.29, 0.717) is 29.7 Å². The number of hydrogen-bond donors (Lipinski definition) is 0. The maximum Gasteiger partial charge on any atom is 0.383 e. The van der Waals surface area contributed by atoms with Crippen molar-refractivity contribution in [2.45, 2.75) is 78.1 Å². The summed E-state index contributed by atoms with van der Waals surface area (Å²) in [4.78, 5) is 25.9. The van der Waals surface area contributed by atoms with Gasteiger partial charge in [0, 0.05) is 0 Å². The minimum absolute atomic E-state index is 0.0242. The van der Waals surface area contributed by atoms with Gasteiger partial charge in [0.05, 0.1) is 18.8 Å². The van der Waals surface area contributed by atoms with Crippen molar-refractivity contribution >= 4 is 16.9 Å². The first kappa shape index (κ1) is 29.0. The fourth-order valence-corrected chi connectivity index (χ4v) is 4.17. The van der Waals surface area contributed by atoms with Gasteiger partial charge in [0.1, 0.15) is 16.7 Å². The standard InChI is InChI=1S/C32H40O6/c1-3-5-7-9-10-11-12-17-23-35-26-21-18-22-27-28(26)29(38-31(33)25-19-14-13-15-20-25)30(32(34)37-27)36-24-16-8-6-4-2/h6,8,13-15,18-22H,3-5,7,9-12,16-17,23-24H2,1-2H3. The van der Waals surface area contributed by atoms with Crippen LogP contribution < -0.4 is 19.8 Å². The van der Waals surface area contributed by atoms with Crippen LogP contribution in [0.5, 0.6) is 17.2 Å². The first-order chi connectivity index (χ1) is 18.7. The summed E-state index contributed by atoms with van der Waals surface area (Å²) in [6.07, 6.45) is 15.1. The fourth-order valence-electron chi connectivity index (χ4n) is 4.17. The Morgan fingerprint density at radius 2 is 1.53 bits per heavy atom. The van der Waals surface area contributed by atoms with E-state index >= 15 is 0 Å². The summed E-state index contributed by atoms with van der Waals surface area (Å²) in [5.41, 5.74) is -0.0615. The van der Waals surface area contributed by atoms with Gasteiger partial charge in [-0.1, -0.05) is 95.2 Å². The number of benzene rings is 2. The third-order valence-electron chi connectivity index (χ3n) is 6.20. The van der Waals surface area contributed by atoms with Crippen LogP contribution in [0.2, 0.25) is 0 Å². The Bertz CT molecular complexity index is 1210. The van der Waals surface area contributed by atoms with Crippen LogP contribution in [-0.4, -0.2) is 19.2 Å². The van der Waals surface area contributed by atoms with E-state index < -0.39 is 11.6 Å². The molecule has 0 aliphatic carbocycles. The lowest BCUT2D eigenvalue weighted by Crippen LogP contribution is -2.15. The quantitative estimate of drug-likeness (QED) is 0.0772. The average molecular weight is 521 g/mol. The van der Waals surface area contributed by atoms with Crippen molar-refractivity contribution in [2.75, 3.05) is 13.2 Å². The second-order valence-corrected chi connectivity index (χ2v) is 9.27. The zero-order valence-corrected chi connectivity index (χ0v) is 22.7. The molecule has 1 aromatic heterocycles. The number of rotatable bonds is 17. The Morgan fingerprint density at radius 3 is 2.26 bits per heavy atom. The molecule has 0 saturated heterocycles. The molecule has 0 amide bonds. The molecule has 0 N–H and O–H groups in total. The third kappa shape index (κ3) is 8.79. The van der Waals surface area contributed by atoms with E-state index in [4.69, 9.17) is 18.6 Å². The Hall–Kier alpha value is -3.54. The molecule has 6 nitrogen and oxygen atoms in total. The summed E-state index contributed by atoms with van der Waals surface area (Å²) >= 11 is 0. The normalized spacial score (nSPS) is 11.2. The number of esters is 1. The lowest BCUT2D eigenvalue weighted by Gasteiger charge is -2.15. The Morgan fingerprint density at radius 1 is 0.789 bits per heavy atom. The maximum atomic E-state index is 13.0. The smallest absolute Gasteiger partial charge is 0.383 e. The second kappa shape index (κ2) is 16.3. The van der Waals surface area contributed by atoms with Crippen LogP contribution >= 0.6 is 0 Å². The first-order valence-corrected chi connectivity index (χ1v) is 13.9. The van der Waals surface area contributed by atoms with Crippen LogP contribution in [0.4, 0.5) is 0 Å². The second-order valence-electron chi connectivity index (χ2n) is 9.27. The van der Waals surface area contributed by atoms with Gasteiger partial charge in [-0.25, -0.2) is 9.59 Å². The molecule has 0 saturated carbocycles. The minimum Gasteiger partial charge on any atom is -0.493 e. The first-order valence-electron chi connectivity index (χ1n) is 13.9. The molecule has 3 rings (SSSR count). The number of hydrogen-bond acceptors (Lipinski definition) is 6. The molecule has 0 spiro atoms. The van der Waals surface area contributed by atoms with Gasteiger partial charge in [-0.15, -0.1) is 0 Å². The van der Waals surface area contributed by atoms with Crippen molar-refractivity contribution in [3.63, 3.8) is 0 Å². The van der Waals surface area contributed by atoms with Gasteiger partial charge >= 0.3 is 11.6 Å². The topological polar surface area (TPSA) is 75.0 Å². The molecule has 0 unspecified atom stereocenters. The van der Waals surface area contributed by atoms with Gasteiger partial charge < -0.3 is 18.6 Å². The summed E-state index contributed by atoms with van der Waals surface area (Å²) in [7, 11) is 0. The molecular formula is C32H40O6. The number of carbonyl (C=O) groups is 1. The number of ether oxygens (including phenoxy) is 3. The highest BCUT2D eigenvalue weighted by Crippen LogP contribution is 2.39. The van der Waals surface area contributed by atoms with Gasteiger partial charge in [0.2, 0.25) is 5.75 Å². The highest BCUT2D eigenvalue weighted by atomic mass is 16.6. The average Bonchev–Trinajstić information content (AvgIpc) is 2.93. The lowest BCUT2D eigenvalue weighted by molar-refractivity contribution is 0.0729. The van der Waals surface area contributed by atoms with Crippen LogP contribution in [0.1, 0.15) is 88.4 Å². The summed E-state index contributed by atoms with van der Waals surface area (Å²) < 4.78 is 23.3. The third-order valence-corrected chi connectivity index (χ3v) is 6.20. The van der Waals surface area contributed by atoms with E-state index in [1.807, 2.05) is 25.1 Å². The summed E-state index contributed by atoms with van der Waals surface area (Å²) in [6.45, 7) is 5.02. The van der Waals surface area contributed by atoms with Crippen molar-refractivity contribution < 1.29 is 23.4 Å².